The topological polar surface area (TPSA) is 44.8 Å². The van der Waals surface area contributed by atoms with E-state index in [4.69, 9.17) is 16.3 Å². The van der Waals surface area contributed by atoms with Crippen molar-refractivity contribution in [1.29, 1.82) is 0 Å². The van der Waals surface area contributed by atoms with Crippen LogP contribution in [0.4, 0.5) is 10.5 Å². The van der Waals surface area contributed by atoms with Crippen LogP contribution in [0.2, 0.25) is 5.02 Å². The van der Waals surface area contributed by atoms with Gasteiger partial charge in [0.15, 0.2) is 0 Å². The number of urea groups is 1. The zero-order valence-electron chi connectivity index (χ0n) is 16.1. The minimum Gasteiger partial charge on any atom is -0.495 e. The number of halogens is 1. The molecule has 144 valence electrons. The van der Waals surface area contributed by atoms with E-state index in [0.717, 1.165) is 25.2 Å². The van der Waals surface area contributed by atoms with Crippen molar-refractivity contribution < 1.29 is 9.53 Å². The summed E-state index contributed by atoms with van der Waals surface area (Å²) < 4.78 is 5.34. The first-order valence-corrected chi connectivity index (χ1v) is 9.52. The molecule has 0 spiro atoms. The summed E-state index contributed by atoms with van der Waals surface area (Å²) >= 11 is 6.13. The SMILES string of the molecule is COc1cc(Cl)c(C)cc1NC(=O)N1CCN(Cc2cccc(C)c2)CC1. The number of carbonyl (C=O) groups is 1. The van der Waals surface area contributed by atoms with Crippen LogP contribution >= 0.6 is 11.6 Å². The highest BCUT2D eigenvalue weighted by Gasteiger charge is 2.22. The van der Waals surface area contributed by atoms with Crippen molar-refractivity contribution in [2.24, 2.45) is 0 Å². The summed E-state index contributed by atoms with van der Waals surface area (Å²) in [7, 11) is 1.57. The summed E-state index contributed by atoms with van der Waals surface area (Å²) in [5.74, 6) is 0.567. The Kier molecular flexibility index (Phi) is 6.24. The van der Waals surface area contributed by atoms with Crippen molar-refractivity contribution in [1.82, 2.24) is 9.80 Å². The number of ether oxygens (including phenoxy) is 1. The Morgan fingerprint density at radius 2 is 1.89 bits per heavy atom. The summed E-state index contributed by atoms with van der Waals surface area (Å²) in [5, 5.41) is 3.58. The molecule has 0 aromatic heterocycles. The number of nitrogens with one attached hydrogen (secondary N) is 1. The molecule has 2 amide bonds. The molecule has 0 saturated carbocycles. The van der Waals surface area contributed by atoms with Crippen molar-refractivity contribution in [3.05, 3.63) is 58.1 Å². The zero-order chi connectivity index (χ0) is 19.4. The molecule has 5 nitrogen and oxygen atoms in total. The number of methoxy groups -OCH3 is 1. The zero-order valence-corrected chi connectivity index (χ0v) is 16.8. The van der Waals surface area contributed by atoms with Crippen molar-refractivity contribution in [3.63, 3.8) is 0 Å². The molecule has 1 saturated heterocycles. The average molecular weight is 388 g/mol. The number of nitrogens with zero attached hydrogens (tertiary/aromatic N) is 2. The highest BCUT2D eigenvalue weighted by molar-refractivity contribution is 6.31. The van der Waals surface area contributed by atoms with Crippen LogP contribution in [0.1, 0.15) is 16.7 Å². The van der Waals surface area contributed by atoms with Gasteiger partial charge in [0.1, 0.15) is 5.75 Å². The Morgan fingerprint density at radius 3 is 2.56 bits per heavy atom. The maximum Gasteiger partial charge on any atom is 0.322 e. The first-order valence-electron chi connectivity index (χ1n) is 9.14. The number of hydrogen-bond acceptors (Lipinski definition) is 3. The summed E-state index contributed by atoms with van der Waals surface area (Å²) in [4.78, 5) is 16.9. The number of piperazine rings is 1. The van der Waals surface area contributed by atoms with E-state index >= 15 is 0 Å². The molecule has 1 aliphatic rings. The molecule has 2 aromatic rings. The average Bonchev–Trinajstić information content (AvgIpc) is 2.65. The lowest BCUT2D eigenvalue weighted by Crippen LogP contribution is -2.49. The molecule has 0 unspecified atom stereocenters. The molecule has 1 N–H and O–H groups in total. The van der Waals surface area contributed by atoms with Crippen molar-refractivity contribution >= 4 is 23.3 Å². The number of carbonyl (C=O) groups excluding carboxylic acids is 1. The molecule has 2 aromatic carbocycles. The number of benzene rings is 2. The smallest absolute Gasteiger partial charge is 0.322 e. The summed E-state index contributed by atoms with van der Waals surface area (Å²) in [6, 6.07) is 12.0. The van der Waals surface area contributed by atoms with E-state index in [-0.39, 0.29) is 6.03 Å². The largest absolute Gasteiger partial charge is 0.495 e. The third kappa shape index (κ3) is 4.93. The van der Waals surface area contributed by atoms with Crippen molar-refractivity contribution in [2.45, 2.75) is 20.4 Å². The number of amides is 2. The Balaban J connectivity index is 1.56. The van der Waals surface area contributed by atoms with Gasteiger partial charge >= 0.3 is 6.03 Å². The van der Waals surface area contributed by atoms with Gasteiger partial charge < -0.3 is 15.0 Å². The van der Waals surface area contributed by atoms with Crippen LogP contribution in [0.25, 0.3) is 0 Å². The fourth-order valence-electron chi connectivity index (χ4n) is 3.30. The summed E-state index contributed by atoms with van der Waals surface area (Å²) in [5.41, 5.74) is 4.13. The van der Waals surface area contributed by atoms with Gasteiger partial charge in [0.2, 0.25) is 0 Å². The van der Waals surface area contributed by atoms with Crippen molar-refractivity contribution in [3.8, 4) is 5.75 Å². The first-order chi connectivity index (χ1) is 13.0. The van der Waals surface area contributed by atoms with Gasteiger partial charge in [-0.25, -0.2) is 4.79 Å². The van der Waals surface area contributed by atoms with E-state index < -0.39 is 0 Å². The third-order valence-electron chi connectivity index (χ3n) is 4.87. The van der Waals surface area contributed by atoms with Crippen molar-refractivity contribution in [2.75, 3.05) is 38.6 Å². The highest BCUT2D eigenvalue weighted by atomic mass is 35.5. The Hall–Kier alpha value is -2.24. The predicted octanol–water partition coefficient (Wildman–Crippen LogP) is 4.32. The van der Waals surface area contributed by atoms with Crippen LogP contribution in [0.3, 0.4) is 0 Å². The lowest BCUT2D eigenvalue weighted by Gasteiger charge is -2.34. The van der Waals surface area contributed by atoms with E-state index in [1.54, 1.807) is 13.2 Å². The van der Waals surface area contributed by atoms with Gasteiger partial charge in [-0.3, -0.25) is 4.90 Å². The van der Waals surface area contributed by atoms with Gasteiger partial charge in [-0.2, -0.15) is 0 Å². The highest BCUT2D eigenvalue weighted by Crippen LogP contribution is 2.31. The van der Waals surface area contributed by atoms with E-state index in [1.807, 2.05) is 17.9 Å². The number of hydrogen-bond donors (Lipinski definition) is 1. The summed E-state index contributed by atoms with van der Waals surface area (Å²) in [6.45, 7) is 8.05. The second-order valence-electron chi connectivity index (χ2n) is 6.98. The monoisotopic (exact) mass is 387 g/mol. The minimum atomic E-state index is -0.106. The Morgan fingerprint density at radius 1 is 1.15 bits per heavy atom. The first kappa shape index (κ1) is 19.5. The van der Waals surface area contributed by atoms with Gasteiger partial charge in [0.25, 0.3) is 0 Å². The molecular weight excluding hydrogens is 362 g/mol. The van der Waals surface area contributed by atoms with Crippen LogP contribution in [0.5, 0.6) is 5.75 Å². The standard InChI is InChI=1S/C21H26ClN3O2/c1-15-5-4-6-17(11-15)14-24-7-9-25(10-8-24)21(26)23-19-12-16(2)18(22)13-20(19)27-3/h4-6,11-13H,7-10,14H2,1-3H3,(H,23,26). The van der Waals surface area contributed by atoms with Gasteiger partial charge in [0, 0.05) is 43.8 Å². The van der Waals surface area contributed by atoms with Crippen LogP contribution < -0.4 is 10.1 Å². The minimum absolute atomic E-state index is 0.106. The molecule has 3 rings (SSSR count). The molecule has 0 atom stereocenters. The molecule has 1 heterocycles. The molecule has 0 aliphatic carbocycles. The van der Waals surface area contributed by atoms with E-state index in [9.17, 15) is 4.79 Å². The quantitative estimate of drug-likeness (QED) is 0.849. The fourth-order valence-corrected chi connectivity index (χ4v) is 3.46. The molecule has 0 bridgehead atoms. The molecule has 1 fully saturated rings. The van der Waals surface area contributed by atoms with Crippen LogP contribution in [0.15, 0.2) is 36.4 Å². The molecule has 0 radical (unpaired) electrons. The predicted molar refractivity (Wildman–Crippen MR) is 110 cm³/mol. The second-order valence-corrected chi connectivity index (χ2v) is 7.39. The van der Waals surface area contributed by atoms with E-state index in [1.165, 1.54) is 11.1 Å². The lowest BCUT2D eigenvalue weighted by atomic mass is 10.1. The second kappa shape index (κ2) is 8.63. The fraction of sp³-hybridized carbons (Fsp3) is 0.381. The lowest BCUT2D eigenvalue weighted by molar-refractivity contribution is 0.143. The third-order valence-corrected chi connectivity index (χ3v) is 5.28. The van der Waals surface area contributed by atoms with Gasteiger partial charge in [-0.15, -0.1) is 0 Å². The number of aryl methyl sites for hydroxylation is 2. The number of rotatable bonds is 4. The molecule has 1 aliphatic heterocycles. The van der Waals surface area contributed by atoms with E-state index in [0.29, 0.717) is 29.5 Å². The maximum atomic E-state index is 12.6. The molecule has 6 heteroatoms. The van der Waals surface area contributed by atoms with E-state index in [2.05, 4.69) is 41.4 Å². The van der Waals surface area contributed by atoms with Crippen LogP contribution in [0, 0.1) is 13.8 Å². The summed E-state index contributed by atoms with van der Waals surface area (Å²) in [6.07, 6.45) is 0. The molecule has 27 heavy (non-hydrogen) atoms. The Bertz CT molecular complexity index is 817. The van der Waals surface area contributed by atoms with Gasteiger partial charge in [0.05, 0.1) is 12.8 Å². The normalized spacial score (nSPS) is 14.9. The number of anilines is 1. The van der Waals surface area contributed by atoms with Crippen LogP contribution in [-0.4, -0.2) is 49.1 Å². The Labute approximate surface area is 165 Å². The van der Waals surface area contributed by atoms with Crippen LogP contribution in [-0.2, 0) is 6.54 Å². The maximum absolute atomic E-state index is 12.6. The van der Waals surface area contributed by atoms with Gasteiger partial charge in [-0.05, 0) is 31.0 Å². The van der Waals surface area contributed by atoms with Gasteiger partial charge in [-0.1, -0.05) is 41.4 Å². The molecular formula is C21H26ClN3O2.